The van der Waals surface area contributed by atoms with Crippen LogP contribution in [-0.4, -0.2) is 54.3 Å². The van der Waals surface area contributed by atoms with Crippen molar-refractivity contribution in [1.82, 2.24) is 20.2 Å². The summed E-state index contributed by atoms with van der Waals surface area (Å²) in [7, 11) is -5.70. The zero-order valence-electron chi connectivity index (χ0n) is 19.2. The van der Waals surface area contributed by atoms with Crippen molar-refractivity contribution >= 4 is 33.1 Å². The van der Waals surface area contributed by atoms with Gasteiger partial charge in [0.1, 0.15) is 5.75 Å². The van der Waals surface area contributed by atoms with E-state index in [9.17, 15) is 26.4 Å². The molecule has 2 heterocycles. The van der Waals surface area contributed by atoms with Gasteiger partial charge in [-0.3, -0.25) is 9.69 Å². The van der Waals surface area contributed by atoms with E-state index in [0.717, 1.165) is 53.7 Å². The summed E-state index contributed by atoms with van der Waals surface area (Å²) in [4.78, 5) is 21.4. The molecule has 8 nitrogen and oxygen atoms in total. The third-order valence-electron chi connectivity index (χ3n) is 5.83. The number of hydrogen-bond donors (Lipinski definition) is 2. The van der Waals surface area contributed by atoms with E-state index in [1.165, 1.54) is 18.2 Å². The molecule has 0 radical (unpaired) electrons. The first-order valence-corrected chi connectivity index (χ1v) is 12.8. The Morgan fingerprint density at radius 2 is 2.00 bits per heavy atom. The molecule has 1 aromatic heterocycles. The van der Waals surface area contributed by atoms with Crippen LogP contribution in [0.15, 0.2) is 48.8 Å². The molecule has 4 rings (SSSR count). The number of aromatic nitrogens is 2. The van der Waals surface area contributed by atoms with Gasteiger partial charge in [0, 0.05) is 25.7 Å². The fourth-order valence-corrected chi connectivity index (χ4v) is 4.42. The molecule has 0 spiro atoms. The number of halogens is 3. The van der Waals surface area contributed by atoms with Gasteiger partial charge in [-0.25, -0.2) is 4.98 Å². The molecule has 12 heteroatoms. The lowest BCUT2D eigenvalue weighted by Crippen LogP contribution is -2.32. The standard InChI is InChI=1S/C24H25F3N4O4S/c25-24(26,27)36(33,34)35-20-6-5-18-9-12-31(15-19(18)14-20)11-2-1-10-28-23(32)8-4-17-3-7-21-22(13-17)30-16-29-21/h3-8,13-14,16H,1-2,9-12,15H2,(H,28,32)(H,29,30). The molecule has 1 aliphatic rings. The second-order valence-electron chi connectivity index (χ2n) is 8.45. The zero-order chi connectivity index (χ0) is 25.8. The van der Waals surface area contributed by atoms with Crippen molar-refractivity contribution < 1.29 is 30.6 Å². The summed E-state index contributed by atoms with van der Waals surface area (Å²) in [6, 6.07) is 9.86. The number of hydrogen-bond acceptors (Lipinski definition) is 6. The summed E-state index contributed by atoms with van der Waals surface area (Å²) < 4.78 is 64.5. The van der Waals surface area contributed by atoms with Crippen LogP contribution >= 0.6 is 0 Å². The highest BCUT2D eigenvalue weighted by Gasteiger charge is 2.48. The number of carbonyl (C=O) groups excluding carboxylic acids is 1. The van der Waals surface area contributed by atoms with E-state index in [0.29, 0.717) is 19.5 Å². The van der Waals surface area contributed by atoms with Gasteiger partial charge in [0.15, 0.2) is 0 Å². The Hall–Kier alpha value is -3.38. The maximum atomic E-state index is 12.6. The first-order chi connectivity index (χ1) is 17.1. The van der Waals surface area contributed by atoms with Crippen molar-refractivity contribution in [2.45, 2.75) is 31.3 Å². The topological polar surface area (TPSA) is 104 Å². The molecular weight excluding hydrogens is 497 g/mol. The van der Waals surface area contributed by atoms with E-state index in [2.05, 4.69) is 24.4 Å². The average Bonchev–Trinajstić information content (AvgIpc) is 3.29. The highest BCUT2D eigenvalue weighted by atomic mass is 32.2. The Morgan fingerprint density at radius 3 is 2.81 bits per heavy atom. The number of nitrogens with zero attached hydrogens (tertiary/aromatic N) is 2. The van der Waals surface area contributed by atoms with E-state index < -0.39 is 15.6 Å². The van der Waals surface area contributed by atoms with Crippen molar-refractivity contribution in [2.24, 2.45) is 0 Å². The normalized spacial score (nSPS) is 14.8. The lowest BCUT2D eigenvalue weighted by Gasteiger charge is -2.29. The van der Waals surface area contributed by atoms with E-state index in [-0.39, 0.29) is 11.7 Å². The second-order valence-corrected chi connectivity index (χ2v) is 9.99. The molecular formula is C24H25F3N4O4S. The van der Waals surface area contributed by atoms with Crippen LogP contribution in [0.2, 0.25) is 0 Å². The summed E-state index contributed by atoms with van der Waals surface area (Å²) >= 11 is 0. The molecule has 0 unspecified atom stereocenters. The number of aromatic amines is 1. The van der Waals surface area contributed by atoms with Gasteiger partial charge >= 0.3 is 15.6 Å². The Bertz CT molecular complexity index is 1370. The second kappa shape index (κ2) is 10.7. The fourth-order valence-electron chi connectivity index (χ4n) is 3.97. The number of H-pyrrole nitrogens is 1. The van der Waals surface area contributed by atoms with Gasteiger partial charge in [-0.05, 0) is 72.8 Å². The van der Waals surface area contributed by atoms with Crippen LogP contribution in [0.3, 0.4) is 0 Å². The Kier molecular flexibility index (Phi) is 7.65. The number of benzene rings is 2. The van der Waals surface area contributed by atoms with Gasteiger partial charge in [0.05, 0.1) is 17.4 Å². The van der Waals surface area contributed by atoms with Crippen LogP contribution in [0, 0.1) is 0 Å². The van der Waals surface area contributed by atoms with Crippen molar-refractivity contribution in [3.63, 3.8) is 0 Å². The number of imidazole rings is 1. The van der Waals surface area contributed by atoms with E-state index >= 15 is 0 Å². The maximum absolute atomic E-state index is 12.6. The van der Waals surface area contributed by atoms with Crippen molar-refractivity contribution in [1.29, 1.82) is 0 Å². The summed E-state index contributed by atoms with van der Waals surface area (Å²) in [5.41, 5.74) is -1.15. The summed E-state index contributed by atoms with van der Waals surface area (Å²) in [5.74, 6) is -0.541. The molecule has 2 N–H and O–H groups in total. The molecule has 3 aromatic rings. The van der Waals surface area contributed by atoms with Crippen LogP contribution in [0.1, 0.15) is 29.5 Å². The van der Waals surface area contributed by atoms with Gasteiger partial charge in [-0.2, -0.15) is 21.6 Å². The van der Waals surface area contributed by atoms with Crippen molar-refractivity contribution in [3.8, 4) is 5.75 Å². The van der Waals surface area contributed by atoms with Crippen LogP contribution < -0.4 is 9.50 Å². The van der Waals surface area contributed by atoms with Gasteiger partial charge in [0.25, 0.3) is 0 Å². The van der Waals surface area contributed by atoms with Gasteiger partial charge in [-0.15, -0.1) is 0 Å². The van der Waals surface area contributed by atoms with Crippen LogP contribution in [0.4, 0.5) is 13.2 Å². The number of rotatable bonds is 9. The Morgan fingerprint density at radius 1 is 1.17 bits per heavy atom. The predicted molar refractivity (Wildman–Crippen MR) is 128 cm³/mol. The smallest absolute Gasteiger partial charge is 0.376 e. The molecule has 0 aliphatic carbocycles. The molecule has 0 saturated carbocycles. The number of carbonyl (C=O) groups is 1. The molecule has 1 aliphatic heterocycles. The zero-order valence-corrected chi connectivity index (χ0v) is 20.0. The van der Waals surface area contributed by atoms with Gasteiger partial charge in [0.2, 0.25) is 5.91 Å². The maximum Gasteiger partial charge on any atom is 0.534 e. The summed E-state index contributed by atoms with van der Waals surface area (Å²) in [5, 5.41) is 2.85. The summed E-state index contributed by atoms with van der Waals surface area (Å²) in [6.07, 6.45) is 7.11. The van der Waals surface area contributed by atoms with Crippen molar-refractivity contribution in [2.75, 3.05) is 19.6 Å². The van der Waals surface area contributed by atoms with E-state index in [1.807, 2.05) is 18.2 Å². The van der Waals surface area contributed by atoms with Gasteiger partial charge < -0.3 is 14.5 Å². The fraction of sp³-hybridized carbons (Fsp3) is 0.333. The minimum Gasteiger partial charge on any atom is -0.376 e. The SMILES string of the molecule is O=C(C=Cc1ccc2nc[nH]c2c1)NCCCCN1CCc2ccc(OS(=O)(=O)C(F)(F)F)cc2C1. The number of fused-ring (bicyclic) bond motifs is 2. The van der Waals surface area contributed by atoms with E-state index in [4.69, 9.17) is 0 Å². The lowest BCUT2D eigenvalue weighted by molar-refractivity contribution is -0.116. The monoisotopic (exact) mass is 522 g/mol. The highest BCUT2D eigenvalue weighted by Crippen LogP contribution is 2.29. The molecule has 0 atom stereocenters. The van der Waals surface area contributed by atoms with Crippen LogP contribution in [0.5, 0.6) is 5.75 Å². The van der Waals surface area contributed by atoms with Gasteiger partial charge in [-0.1, -0.05) is 12.1 Å². The molecule has 0 bridgehead atoms. The molecule has 36 heavy (non-hydrogen) atoms. The van der Waals surface area contributed by atoms with Crippen LogP contribution in [0.25, 0.3) is 17.1 Å². The third kappa shape index (κ3) is 6.43. The van der Waals surface area contributed by atoms with Crippen molar-refractivity contribution in [3.05, 3.63) is 65.5 Å². The Labute approximate surface area is 206 Å². The molecule has 2 aromatic carbocycles. The number of alkyl halides is 3. The average molecular weight is 523 g/mol. The minimum absolute atomic E-state index is 0.187. The first-order valence-electron chi connectivity index (χ1n) is 11.3. The largest absolute Gasteiger partial charge is 0.534 e. The van der Waals surface area contributed by atoms with Crippen LogP contribution in [-0.2, 0) is 27.9 Å². The third-order valence-corrected chi connectivity index (χ3v) is 6.81. The number of nitrogens with one attached hydrogen (secondary N) is 2. The molecule has 192 valence electrons. The minimum atomic E-state index is -5.70. The number of amides is 1. The Balaban J connectivity index is 1.19. The summed E-state index contributed by atoms with van der Waals surface area (Å²) in [6.45, 7) is 2.51. The first kappa shape index (κ1) is 25.7. The molecule has 0 fully saturated rings. The lowest BCUT2D eigenvalue weighted by atomic mass is 9.99. The quantitative estimate of drug-likeness (QED) is 0.192. The molecule has 1 amide bonds. The molecule has 0 saturated heterocycles. The van der Waals surface area contributed by atoms with E-state index in [1.54, 1.807) is 18.5 Å². The number of unbranched alkanes of at least 4 members (excludes halogenated alkanes) is 1. The highest BCUT2D eigenvalue weighted by molar-refractivity contribution is 7.88. The predicted octanol–water partition coefficient (Wildman–Crippen LogP) is 3.76.